The van der Waals surface area contributed by atoms with Gasteiger partial charge in [0.1, 0.15) is 0 Å². The van der Waals surface area contributed by atoms with Crippen molar-refractivity contribution in [3.8, 4) is 0 Å². The molecule has 126 valence electrons. The minimum Gasteiger partial charge on any atom is -0.383 e. The average molecular weight is 298 g/mol. The minimum atomic E-state index is 0.607. The summed E-state index contributed by atoms with van der Waals surface area (Å²) in [6.45, 7) is 5.36. The van der Waals surface area contributed by atoms with E-state index in [4.69, 9.17) is 4.74 Å². The molecular formula is C19H39NO. The van der Waals surface area contributed by atoms with Gasteiger partial charge in [-0.1, -0.05) is 71.1 Å². The van der Waals surface area contributed by atoms with Gasteiger partial charge in [-0.2, -0.15) is 0 Å². The molecule has 2 nitrogen and oxygen atoms in total. The van der Waals surface area contributed by atoms with Crippen LogP contribution in [0.2, 0.25) is 0 Å². The Hall–Kier alpha value is -0.0800. The van der Waals surface area contributed by atoms with Gasteiger partial charge >= 0.3 is 0 Å². The molecule has 0 bridgehead atoms. The summed E-state index contributed by atoms with van der Waals surface area (Å²) >= 11 is 0. The van der Waals surface area contributed by atoms with Crippen LogP contribution in [0.15, 0.2) is 0 Å². The smallest absolute Gasteiger partial charge is 0.0587 e. The molecule has 0 amide bonds. The van der Waals surface area contributed by atoms with Crippen LogP contribution in [0.3, 0.4) is 0 Å². The van der Waals surface area contributed by atoms with E-state index in [-0.39, 0.29) is 0 Å². The Kier molecular flexibility index (Phi) is 11.3. The third kappa shape index (κ3) is 8.83. The highest BCUT2D eigenvalue weighted by atomic mass is 16.5. The molecule has 1 rings (SSSR count). The summed E-state index contributed by atoms with van der Waals surface area (Å²) in [6.07, 6.45) is 18.7. The van der Waals surface area contributed by atoms with Crippen molar-refractivity contribution in [2.24, 2.45) is 5.41 Å². The van der Waals surface area contributed by atoms with E-state index in [1.165, 1.54) is 90.0 Å². The first kappa shape index (κ1) is 19.0. The second-order valence-corrected chi connectivity index (χ2v) is 7.10. The van der Waals surface area contributed by atoms with Crippen molar-refractivity contribution in [3.63, 3.8) is 0 Å². The molecule has 1 saturated carbocycles. The maximum absolute atomic E-state index is 5.15. The van der Waals surface area contributed by atoms with Crippen LogP contribution in [0.4, 0.5) is 0 Å². The summed E-state index contributed by atoms with van der Waals surface area (Å²) in [5, 5.41) is 3.64. The highest BCUT2D eigenvalue weighted by molar-refractivity contribution is 4.84. The van der Waals surface area contributed by atoms with Crippen LogP contribution in [0.5, 0.6) is 0 Å². The second-order valence-electron chi connectivity index (χ2n) is 7.10. The molecule has 1 aliphatic rings. The summed E-state index contributed by atoms with van der Waals surface area (Å²) < 4.78 is 5.15. The second kappa shape index (κ2) is 12.5. The van der Waals surface area contributed by atoms with Crippen LogP contribution in [0, 0.1) is 5.41 Å². The molecule has 1 aliphatic carbocycles. The number of ether oxygens (including phenoxy) is 1. The van der Waals surface area contributed by atoms with Crippen molar-refractivity contribution in [2.75, 3.05) is 26.8 Å². The third-order valence-electron chi connectivity index (χ3n) is 5.21. The Morgan fingerprint density at radius 2 is 1.57 bits per heavy atom. The summed E-state index contributed by atoms with van der Waals surface area (Å²) in [4.78, 5) is 0. The third-order valence-corrected chi connectivity index (χ3v) is 5.21. The van der Waals surface area contributed by atoms with E-state index in [0.717, 1.165) is 13.2 Å². The predicted molar refractivity (Wildman–Crippen MR) is 92.9 cm³/mol. The molecule has 1 fully saturated rings. The fourth-order valence-corrected chi connectivity index (χ4v) is 3.80. The van der Waals surface area contributed by atoms with Crippen molar-refractivity contribution >= 4 is 0 Å². The Balaban J connectivity index is 2.16. The first-order valence-corrected chi connectivity index (χ1v) is 9.53. The number of rotatable bonds is 13. The zero-order valence-electron chi connectivity index (χ0n) is 14.7. The number of methoxy groups -OCH3 is 1. The van der Waals surface area contributed by atoms with E-state index >= 15 is 0 Å². The van der Waals surface area contributed by atoms with E-state index in [2.05, 4.69) is 12.2 Å². The molecule has 0 heterocycles. The lowest BCUT2D eigenvalue weighted by atomic mass is 9.70. The zero-order valence-corrected chi connectivity index (χ0v) is 14.7. The van der Waals surface area contributed by atoms with Crippen molar-refractivity contribution in [3.05, 3.63) is 0 Å². The highest BCUT2D eigenvalue weighted by Gasteiger charge is 2.30. The van der Waals surface area contributed by atoms with Gasteiger partial charge in [0, 0.05) is 20.2 Å². The zero-order chi connectivity index (χ0) is 15.2. The first-order valence-electron chi connectivity index (χ1n) is 9.53. The molecule has 0 aliphatic heterocycles. The molecule has 2 heteroatoms. The Bertz CT molecular complexity index is 224. The maximum atomic E-state index is 5.15. The molecule has 0 atom stereocenters. The van der Waals surface area contributed by atoms with Crippen LogP contribution in [0.25, 0.3) is 0 Å². The van der Waals surface area contributed by atoms with Crippen molar-refractivity contribution < 1.29 is 4.74 Å². The molecule has 1 N–H and O–H groups in total. The van der Waals surface area contributed by atoms with Gasteiger partial charge in [0.05, 0.1) is 6.61 Å². The number of hydrogen-bond donors (Lipinski definition) is 1. The van der Waals surface area contributed by atoms with E-state index in [9.17, 15) is 0 Å². The molecule has 0 unspecified atom stereocenters. The van der Waals surface area contributed by atoms with Gasteiger partial charge in [-0.25, -0.2) is 0 Å². The van der Waals surface area contributed by atoms with Crippen molar-refractivity contribution in [1.82, 2.24) is 5.32 Å². The summed E-state index contributed by atoms with van der Waals surface area (Å²) in [7, 11) is 1.79. The van der Waals surface area contributed by atoms with Crippen molar-refractivity contribution in [2.45, 2.75) is 90.4 Å². The minimum absolute atomic E-state index is 0.607. The summed E-state index contributed by atoms with van der Waals surface area (Å²) in [5.41, 5.74) is 0.607. The molecule has 0 aromatic carbocycles. The van der Waals surface area contributed by atoms with Crippen LogP contribution < -0.4 is 5.32 Å². The van der Waals surface area contributed by atoms with Gasteiger partial charge < -0.3 is 10.1 Å². The Morgan fingerprint density at radius 3 is 2.24 bits per heavy atom. The summed E-state index contributed by atoms with van der Waals surface area (Å²) in [6, 6.07) is 0. The molecule has 0 saturated heterocycles. The quantitative estimate of drug-likeness (QED) is 0.465. The Labute approximate surface area is 133 Å². The van der Waals surface area contributed by atoms with Crippen LogP contribution in [-0.4, -0.2) is 26.8 Å². The first-order chi connectivity index (χ1) is 10.3. The highest BCUT2D eigenvalue weighted by Crippen LogP contribution is 2.40. The lowest BCUT2D eigenvalue weighted by molar-refractivity contribution is 0.149. The lowest BCUT2D eigenvalue weighted by Crippen LogP contribution is -2.37. The lowest BCUT2D eigenvalue weighted by Gasteiger charge is -2.38. The van der Waals surface area contributed by atoms with E-state index < -0.39 is 0 Å². The normalized spacial score (nSPS) is 18.0. The topological polar surface area (TPSA) is 21.3 Å². The van der Waals surface area contributed by atoms with Gasteiger partial charge in [0.15, 0.2) is 0 Å². The van der Waals surface area contributed by atoms with Gasteiger partial charge in [-0.05, 0) is 24.7 Å². The fraction of sp³-hybridized carbons (Fsp3) is 1.00. The predicted octanol–water partition coefficient (Wildman–Crippen LogP) is 5.31. The van der Waals surface area contributed by atoms with Crippen LogP contribution >= 0.6 is 0 Å². The van der Waals surface area contributed by atoms with E-state index in [0.29, 0.717) is 5.41 Å². The maximum Gasteiger partial charge on any atom is 0.0587 e. The van der Waals surface area contributed by atoms with Gasteiger partial charge in [0.2, 0.25) is 0 Å². The average Bonchev–Trinajstić information content (AvgIpc) is 2.52. The largest absolute Gasteiger partial charge is 0.383 e. The standard InChI is InChI=1S/C19H39NO/c1-3-4-5-6-7-8-10-13-19(14-11-9-12-15-19)18-20-16-17-21-2/h20H,3-18H2,1-2H3. The number of hydrogen-bond acceptors (Lipinski definition) is 2. The van der Waals surface area contributed by atoms with E-state index in [1.54, 1.807) is 7.11 Å². The van der Waals surface area contributed by atoms with Crippen LogP contribution in [-0.2, 0) is 4.74 Å². The molecule has 0 aromatic rings. The van der Waals surface area contributed by atoms with Gasteiger partial charge in [-0.3, -0.25) is 0 Å². The summed E-state index contributed by atoms with van der Waals surface area (Å²) in [5.74, 6) is 0. The molecular weight excluding hydrogens is 258 g/mol. The number of unbranched alkanes of at least 4 members (excludes halogenated alkanes) is 6. The molecule has 21 heavy (non-hydrogen) atoms. The number of nitrogens with one attached hydrogen (secondary N) is 1. The fourth-order valence-electron chi connectivity index (χ4n) is 3.80. The monoisotopic (exact) mass is 297 g/mol. The Morgan fingerprint density at radius 1 is 0.905 bits per heavy atom. The molecule has 0 radical (unpaired) electrons. The van der Waals surface area contributed by atoms with Crippen molar-refractivity contribution in [1.29, 1.82) is 0 Å². The molecule has 0 aromatic heterocycles. The van der Waals surface area contributed by atoms with Gasteiger partial charge in [-0.15, -0.1) is 0 Å². The van der Waals surface area contributed by atoms with Crippen LogP contribution in [0.1, 0.15) is 90.4 Å². The van der Waals surface area contributed by atoms with Gasteiger partial charge in [0.25, 0.3) is 0 Å². The van der Waals surface area contributed by atoms with E-state index in [1.807, 2.05) is 0 Å². The molecule has 0 spiro atoms. The SMILES string of the molecule is CCCCCCCCCC1(CNCCOC)CCCCC1.